The number of rotatable bonds is 4. The van der Waals surface area contributed by atoms with Crippen LogP contribution in [0.5, 0.6) is 0 Å². The number of benzene rings is 1. The normalized spacial score (nSPS) is 19.7. The van der Waals surface area contributed by atoms with Crippen molar-refractivity contribution in [3.8, 4) is 0 Å². The number of hydrogen-bond donors (Lipinski definition) is 1. The van der Waals surface area contributed by atoms with Crippen molar-refractivity contribution in [3.05, 3.63) is 34.9 Å². The van der Waals surface area contributed by atoms with Crippen molar-refractivity contribution in [1.29, 1.82) is 0 Å². The summed E-state index contributed by atoms with van der Waals surface area (Å²) in [6.07, 6.45) is 0.263. The molecule has 1 aromatic carbocycles. The van der Waals surface area contributed by atoms with E-state index in [1.54, 1.807) is 0 Å². The molecular weight excluding hydrogens is 284 g/mol. The molecule has 1 aliphatic rings. The van der Waals surface area contributed by atoms with E-state index in [1.165, 1.54) is 0 Å². The summed E-state index contributed by atoms with van der Waals surface area (Å²) in [4.78, 5) is 4.95. The van der Waals surface area contributed by atoms with Crippen molar-refractivity contribution in [3.63, 3.8) is 0 Å². The number of halogens is 1. The Labute approximate surface area is 133 Å². The topological polar surface area (TPSA) is 26.7 Å². The van der Waals surface area contributed by atoms with E-state index >= 15 is 0 Å². The summed E-state index contributed by atoms with van der Waals surface area (Å²) < 4.78 is 0. The molecule has 1 N–H and O–H groups in total. The highest BCUT2D eigenvalue weighted by atomic mass is 35.5. The standard InChI is InChI=1S/C17H27ClN2O/c1-17(2,3)20-12-10-19(11-13-20)9-8-16(21)14-6-4-5-7-15(14)18/h4-7,16,21H,8-13H2,1-3H3. The summed E-state index contributed by atoms with van der Waals surface area (Å²) >= 11 is 6.13. The van der Waals surface area contributed by atoms with Crippen molar-refractivity contribution >= 4 is 11.6 Å². The summed E-state index contributed by atoms with van der Waals surface area (Å²) in [6, 6.07) is 7.56. The van der Waals surface area contributed by atoms with E-state index in [-0.39, 0.29) is 5.54 Å². The Bertz CT molecular complexity index is 450. The van der Waals surface area contributed by atoms with Crippen molar-refractivity contribution in [2.75, 3.05) is 32.7 Å². The third-order valence-electron chi connectivity index (χ3n) is 4.30. The van der Waals surface area contributed by atoms with Crippen molar-refractivity contribution in [1.82, 2.24) is 9.80 Å². The zero-order valence-electron chi connectivity index (χ0n) is 13.3. The van der Waals surface area contributed by atoms with Gasteiger partial charge >= 0.3 is 0 Å². The SMILES string of the molecule is CC(C)(C)N1CCN(CCC(O)c2ccccc2Cl)CC1. The van der Waals surface area contributed by atoms with Crippen LogP contribution < -0.4 is 0 Å². The molecule has 0 spiro atoms. The number of aliphatic hydroxyl groups excluding tert-OH is 1. The van der Waals surface area contributed by atoms with Crippen LogP contribution in [0.3, 0.4) is 0 Å². The monoisotopic (exact) mass is 310 g/mol. The fraction of sp³-hybridized carbons (Fsp3) is 0.647. The third kappa shape index (κ3) is 4.68. The molecule has 1 saturated heterocycles. The van der Waals surface area contributed by atoms with E-state index < -0.39 is 6.10 Å². The lowest BCUT2D eigenvalue weighted by Crippen LogP contribution is -2.53. The highest BCUT2D eigenvalue weighted by Gasteiger charge is 2.25. The highest BCUT2D eigenvalue weighted by molar-refractivity contribution is 6.31. The van der Waals surface area contributed by atoms with Crippen molar-refractivity contribution < 1.29 is 5.11 Å². The molecule has 1 atom stereocenters. The van der Waals surface area contributed by atoms with Crippen LogP contribution in [0.1, 0.15) is 38.9 Å². The van der Waals surface area contributed by atoms with Gasteiger partial charge in [0.2, 0.25) is 0 Å². The second kappa shape index (κ2) is 7.10. The van der Waals surface area contributed by atoms with Crippen LogP contribution in [-0.4, -0.2) is 53.2 Å². The van der Waals surface area contributed by atoms with E-state index in [1.807, 2.05) is 24.3 Å². The lowest BCUT2D eigenvalue weighted by molar-refractivity contribution is 0.0533. The summed E-state index contributed by atoms with van der Waals surface area (Å²) in [5.41, 5.74) is 1.09. The molecule has 0 bridgehead atoms. The average molecular weight is 311 g/mol. The molecule has 0 aromatic heterocycles. The zero-order chi connectivity index (χ0) is 15.5. The molecule has 0 radical (unpaired) electrons. The van der Waals surface area contributed by atoms with Gasteiger partial charge in [-0.3, -0.25) is 4.90 Å². The highest BCUT2D eigenvalue weighted by Crippen LogP contribution is 2.25. The summed E-state index contributed by atoms with van der Waals surface area (Å²) in [5, 5.41) is 10.9. The molecule has 118 valence electrons. The first-order chi connectivity index (χ1) is 9.88. The first-order valence-corrected chi connectivity index (χ1v) is 8.15. The predicted octanol–water partition coefficient (Wildman–Crippen LogP) is 3.18. The molecule has 1 aromatic rings. The number of aliphatic hydroxyl groups is 1. The van der Waals surface area contributed by atoms with Gasteiger partial charge in [0.25, 0.3) is 0 Å². The molecule has 1 fully saturated rings. The Kier molecular flexibility index (Phi) is 5.67. The van der Waals surface area contributed by atoms with E-state index in [4.69, 9.17) is 11.6 Å². The van der Waals surface area contributed by atoms with Crippen LogP contribution in [0.4, 0.5) is 0 Å². The first kappa shape index (κ1) is 16.8. The van der Waals surface area contributed by atoms with Gasteiger partial charge in [-0.1, -0.05) is 29.8 Å². The van der Waals surface area contributed by atoms with Crippen LogP contribution in [0, 0.1) is 0 Å². The second-order valence-corrected chi connectivity index (χ2v) is 7.23. The van der Waals surface area contributed by atoms with Crippen molar-refractivity contribution in [2.45, 2.75) is 38.8 Å². The molecule has 0 aliphatic carbocycles. The summed E-state index contributed by atoms with van der Waals surface area (Å²) in [6.45, 7) is 12.1. The molecule has 1 heterocycles. The maximum Gasteiger partial charge on any atom is 0.0816 e. The molecular formula is C17H27ClN2O. The van der Waals surface area contributed by atoms with Gasteiger partial charge in [-0.15, -0.1) is 0 Å². The molecule has 4 heteroatoms. The van der Waals surface area contributed by atoms with Crippen LogP contribution >= 0.6 is 11.6 Å². The van der Waals surface area contributed by atoms with E-state index in [0.29, 0.717) is 5.02 Å². The summed E-state index contributed by atoms with van der Waals surface area (Å²) in [7, 11) is 0. The lowest BCUT2D eigenvalue weighted by Gasteiger charge is -2.42. The van der Waals surface area contributed by atoms with Gasteiger partial charge in [-0.2, -0.15) is 0 Å². The molecule has 21 heavy (non-hydrogen) atoms. The quantitative estimate of drug-likeness (QED) is 0.925. The third-order valence-corrected chi connectivity index (χ3v) is 4.65. The van der Waals surface area contributed by atoms with Gasteiger partial charge in [0.15, 0.2) is 0 Å². The van der Waals surface area contributed by atoms with Gasteiger partial charge in [0.05, 0.1) is 6.10 Å². The Hall–Kier alpha value is -0.610. The molecule has 1 aliphatic heterocycles. The van der Waals surface area contributed by atoms with E-state index in [0.717, 1.165) is 44.7 Å². The first-order valence-electron chi connectivity index (χ1n) is 7.78. The van der Waals surface area contributed by atoms with Gasteiger partial charge in [0, 0.05) is 43.3 Å². The van der Waals surface area contributed by atoms with Crippen molar-refractivity contribution in [2.24, 2.45) is 0 Å². The maximum absolute atomic E-state index is 10.3. The van der Waals surface area contributed by atoms with Crippen LogP contribution in [0.25, 0.3) is 0 Å². The van der Waals surface area contributed by atoms with Crippen LogP contribution in [-0.2, 0) is 0 Å². The molecule has 0 saturated carbocycles. The average Bonchev–Trinajstić information content (AvgIpc) is 2.45. The maximum atomic E-state index is 10.3. The molecule has 1 unspecified atom stereocenters. The number of piperazine rings is 1. The minimum Gasteiger partial charge on any atom is -0.388 e. The van der Waals surface area contributed by atoms with Gasteiger partial charge in [-0.25, -0.2) is 0 Å². The van der Waals surface area contributed by atoms with Gasteiger partial charge in [-0.05, 0) is 38.8 Å². The predicted molar refractivity (Wildman–Crippen MR) is 88.8 cm³/mol. The Morgan fingerprint density at radius 1 is 1.14 bits per heavy atom. The molecule has 0 amide bonds. The van der Waals surface area contributed by atoms with Crippen LogP contribution in [0.15, 0.2) is 24.3 Å². The minimum atomic E-state index is -0.473. The van der Waals surface area contributed by atoms with Gasteiger partial charge < -0.3 is 10.0 Å². The number of nitrogens with zero attached hydrogens (tertiary/aromatic N) is 2. The van der Waals surface area contributed by atoms with Crippen LogP contribution in [0.2, 0.25) is 5.02 Å². The molecule has 3 nitrogen and oxygen atoms in total. The van der Waals surface area contributed by atoms with E-state index in [2.05, 4.69) is 30.6 Å². The largest absolute Gasteiger partial charge is 0.388 e. The summed E-state index contributed by atoms with van der Waals surface area (Å²) in [5.74, 6) is 0. The fourth-order valence-electron chi connectivity index (χ4n) is 2.85. The Balaban J connectivity index is 1.79. The fourth-order valence-corrected chi connectivity index (χ4v) is 3.11. The zero-order valence-corrected chi connectivity index (χ0v) is 14.1. The lowest BCUT2D eigenvalue weighted by atomic mass is 10.0. The Morgan fingerprint density at radius 3 is 2.33 bits per heavy atom. The van der Waals surface area contributed by atoms with E-state index in [9.17, 15) is 5.11 Å². The minimum absolute atomic E-state index is 0.253. The number of hydrogen-bond acceptors (Lipinski definition) is 3. The molecule has 2 rings (SSSR count). The second-order valence-electron chi connectivity index (χ2n) is 6.83. The van der Waals surface area contributed by atoms with Gasteiger partial charge in [0.1, 0.15) is 0 Å². The Morgan fingerprint density at radius 2 is 1.76 bits per heavy atom. The smallest absolute Gasteiger partial charge is 0.0816 e.